The molecule has 2 saturated heterocycles. The fraction of sp³-hybridized carbons (Fsp3) is 0.667. The highest BCUT2D eigenvalue weighted by Crippen LogP contribution is 2.55. The molecule has 1 aromatic rings. The number of ether oxygens (including phenoxy) is 3. The van der Waals surface area contributed by atoms with Crippen LogP contribution in [0.15, 0.2) is 24.3 Å². The van der Waals surface area contributed by atoms with Crippen LogP contribution in [0.25, 0.3) is 0 Å². The molecule has 0 N–H and O–H groups in total. The maximum absolute atomic E-state index is 6.40. The number of hydrogen-bond donors (Lipinski definition) is 0. The minimum Gasteiger partial charge on any atom is -0.497 e. The van der Waals surface area contributed by atoms with Gasteiger partial charge in [-0.25, -0.2) is 0 Å². The molecule has 116 valence electrons. The molecule has 21 heavy (non-hydrogen) atoms. The first-order valence-electron chi connectivity index (χ1n) is 7.92. The molecule has 0 saturated carbocycles. The van der Waals surface area contributed by atoms with Gasteiger partial charge in [0.25, 0.3) is 0 Å². The van der Waals surface area contributed by atoms with Crippen molar-refractivity contribution in [3.63, 3.8) is 0 Å². The maximum Gasteiger partial charge on any atom is 0.118 e. The van der Waals surface area contributed by atoms with Crippen LogP contribution >= 0.6 is 0 Å². The second kappa shape index (κ2) is 5.29. The van der Waals surface area contributed by atoms with Crippen molar-refractivity contribution in [2.24, 2.45) is 5.92 Å². The van der Waals surface area contributed by atoms with Crippen molar-refractivity contribution in [3.05, 3.63) is 29.8 Å². The predicted octanol–water partition coefficient (Wildman–Crippen LogP) is 3.95. The van der Waals surface area contributed by atoms with Gasteiger partial charge in [-0.05, 0) is 43.4 Å². The number of benzene rings is 1. The van der Waals surface area contributed by atoms with Gasteiger partial charge in [0.05, 0.1) is 31.0 Å². The predicted molar refractivity (Wildman–Crippen MR) is 82.5 cm³/mol. The van der Waals surface area contributed by atoms with Gasteiger partial charge in [0.1, 0.15) is 5.75 Å². The molecule has 3 nitrogen and oxygen atoms in total. The molecule has 0 aromatic heterocycles. The van der Waals surface area contributed by atoms with Gasteiger partial charge in [0.2, 0.25) is 0 Å². The Bertz CT molecular complexity index is 496. The molecule has 2 bridgehead atoms. The van der Waals surface area contributed by atoms with E-state index < -0.39 is 0 Å². The van der Waals surface area contributed by atoms with Crippen LogP contribution in [-0.4, -0.2) is 24.4 Å². The monoisotopic (exact) mass is 290 g/mol. The fourth-order valence-electron chi connectivity index (χ4n) is 3.72. The van der Waals surface area contributed by atoms with E-state index >= 15 is 0 Å². The Hall–Kier alpha value is -1.06. The van der Waals surface area contributed by atoms with Crippen molar-refractivity contribution in [1.29, 1.82) is 0 Å². The minimum atomic E-state index is -0.100. The first-order valence-corrected chi connectivity index (χ1v) is 7.92. The van der Waals surface area contributed by atoms with Crippen molar-refractivity contribution in [1.82, 2.24) is 0 Å². The Kier molecular flexibility index (Phi) is 3.74. The van der Waals surface area contributed by atoms with E-state index in [1.54, 1.807) is 7.11 Å². The fourth-order valence-corrected chi connectivity index (χ4v) is 3.72. The van der Waals surface area contributed by atoms with Crippen molar-refractivity contribution in [3.8, 4) is 5.75 Å². The summed E-state index contributed by atoms with van der Waals surface area (Å²) in [6, 6.07) is 8.08. The first-order chi connectivity index (χ1) is 9.97. The Balaban J connectivity index is 1.63. The molecule has 0 aliphatic carbocycles. The number of hydrogen-bond acceptors (Lipinski definition) is 3. The Labute approximate surface area is 127 Å². The molecule has 0 radical (unpaired) electrons. The van der Waals surface area contributed by atoms with E-state index in [2.05, 4.69) is 32.9 Å². The van der Waals surface area contributed by atoms with Crippen LogP contribution < -0.4 is 4.74 Å². The normalized spacial score (nSPS) is 34.6. The van der Waals surface area contributed by atoms with Gasteiger partial charge in [-0.3, -0.25) is 0 Å². The molecular formula is C18H26O3. The Morgan fingerprint density at radius 3 is 2.52 bits per heavy atom. The molecule has 0 spiro atoms. The van der Waals surface area contributed by atoms with Crippen LogP contribution in [-0.2, 0) is 16.1 Å². The third-order valence-electron chi connectivity index (χ3n) is 5.36. The minimum absolute atomic E-state index is 0.0410. The highest BCUT2D eigenvalue weighted by atomic mass is 16.6. The smallest absolute Gasteiger partial charge is 0.118 e. The summed E-state index contributed by atoms with van der Waals surface area (Å²) >= 11 is 0. The maximum atomic E-state index is 6.40. The summed E-state index contributed by atoms with van der Waals surface area (Å²) in [4.78, 5) is 0. The summed E-state index contributed by atoms with van der Waals surface area (Å²) in [5.74, 6) is 1.43. The third kappa shape index (κ3) is 2.58. The lowest BCUT2D eigenvalue weighted by molar-refractivity contribution is -0.0959. The molecule has 2 fully saturated rings. The lowest BCUT2D eigenvalue weighted by atomic mass is 9.75. The van der Waals surface area contributed by atoms with Gasteiger partial charge in [-0.2, -0.15) is 0 Å². The van der Waals surface area contributed by atoms with Crippen LogP contribution in [0.1, 0.15) is 45.6 Å². The van der Waals surface area contributed by atoms with E-state index in [4.69, 9.17) is 14.2 Å². The van der Waals surface area contributed by atoms with Gasteiger partial charge in [-0.15, -0.1) is 0 Å². The van der Waals surface area contributed by atoms with Crippen molar-refractivity contribution < 1.29 is 14.2 Å². The van der Waals surface area contributed by atoms with E-state index in [0.29, 0.717) is 12.5 Å². The van der Waals surface area contributed by atoms with Crippen LogP contribution in [0.5, 0.6) is 5.75 Å². The highest BCUT2D eigenvalue weighted by molar-refractivity contribution is 5.26. The van der Waals surface area contributed by atoms with Crippen LogP contribution in [0.4, 0.5) is 0 Å². The zero-order valence-electron chi connectivity index (χ0n) is 13.5. The molecule has 0 amide bonds. The van der Waals surface area contributed by atoms with Gasteiger partial charge in [0.15, 0.2) is 0 Å². The quantitative estimate of drug-likeness (QED) is 0.822. The van der Waals surface area contributed by atoms with Crippen LogP contribution in [0, 0.1) is 5.92 Å². The largest absolute Gasteiger partial charge is 0.497 e. The molecule has 3 atom stereocenters. The van der Waals surface area contributed by atoms with E-state index in [0.717, 1.165) is 18.6 Å². The second-order valence-corrected chi connectivity index (χ2v) is 6.99. The summed E-state index contributed by atoms with van der Waals surface area (Å²) in [5, 5.41) is 0. The third-order valence-corrected chi connectivity index (χ3v) is 5.36. The second-order valence-electron chi connectivity index (χ2n) is 6.99. The zero-order valence-corrected chi connectivity index (χ0v) is 13.5. The molecule has 2 aliphatic heterocycles. The summed E-state index contributed by atoms with van der Waals surface area (Å²) < 4.78 is 17.8. The SMILES string of the molecule is COc1ccc(CO[C@H]2C[C@]3(C(C)C)CC[C@@]2(C)O3)cc1. The number of methoxy groups -OCH3 is 1. The van der Waals surface area contributed by atoms with E-state index in [9.17, 15) is 0 Å². The zero-order chi connectivity index (χ0) is 15.1. The molecule has 1 aromatic carbocycles. The number of fused-ring (bicyclic) bond motifs is 2. The average Bonchev–Trinajstić information content (AvgIpc) is 2.98. The lowest BCUT2D eigenvalue weighted by Gasteiger charge is -2.31. The summed E-state index contributed by atoms with van der Waals surface area (Å²) in [7, 11) is 1.68. The average molecular weight is 290 g/mol. The summed E-state index contributed by atoms with van der Waals surface area (Å²) in [6.45, 7) is 7.37. The van der Waals surface area contributed by atoms with Crippen LogP contribution in [0.2, 0.25) is 0 Å². The molecule has 2 aliphatic rings. The standard InChI is InChI=1S/C18H26O3/c1-13(2)18-10-9-17(3,21-18)16(11-18)20-12-14-5-7-15(19-4)8-6-14/h5-8,13,16H,9-12H2,1-4H3/t16-,17+,18-/m0/s1. The summed E-state index contributed by atoms with van der Waals surface area (Å²) in [5.41, 5.74) is 1.12. The van der Waals surface area contributed by atoms with Gasteiger partial charge < -0.3 is 14.2 Å². The Morgan fingerprint density at radius 1 is 1.24 bits per heavy atom. The van der Waals surface area contributed by atoms with E-state index in [1.807, 2.05) is 12.1 Å². The Morgan fingerprint density at radius 2 is 1.95 bits per heavy atom. The molecule has 3 rings (SSSR count). The molecule has 2 heterocycles. The van der Waals surface area contributed by atoms with Crippen molar-refractivity contribution >= 4 is 0 Å². The van der Waals surface area contributed by atoms with Gasteiger partial charge in [0, 0.05) is 6.42 Å². The van der Waals surface area contributed by atoms with Gasteiger partial charge in [-0.1, -0.05) is 26.0 Å². The molecule has 0 unspecified atom stereocenters. The van der Waals surface area contributed by atoms with Crippen LogP contribution in [0.3, 0.4) is 0 Å². The molecule has 3 heteroatoms. The van der Waals surface area contributed by atoms with Gasteiger partial charge >= 0.3 is 0 Å². The molecular weight excluding hydrogens is 264 g/mol. The van der Waals surface area contributed by atoms with Crippen molar-refractivity contribution in [2.45, 2.75) is 63.9 Å². The van der Waals surface area contributed by atoms with E-state index in [1.165, 1.54) is 12.0 Å². The first kappa shape index (κ1) is 14.9. The highest BCUT2D eigenvalue weighted by Gasteiger charge is 2.60. The summed E-state index contributed by atoms with van der Waals surface area (Å²) in [6.07, 6.45) is 3.51. The van der Waals surface area contributed by atoms with E-state index in [-0.39, 0.29) is 17.3 Å². The number of rotatable bonds is 5. The lowest BCUT2D eigenvalue weighted by Crippen LogP contribution is -2.38. The topological polar surface area (TPSA) is 27.7 Å². The van der Waals surface area contributed by atoms with Crippen molar-refractivity contribution in [2.75, 3.05) is 7.11 Å².